The number of hydrogen-bond acceptors (Lipinski definition) is 5. The molecule has 2 aromatic carbocycles. The summed E-state index contributed by atoms with van der Waals surface area (Å²) in [6, 6.07) is 11.8. The van der Waals surface area contributed by atoms with Crippen molar-refractivity contribution in [1.29, 1.82) is 0 Å². The third-order valence-corrected chi connectivity index (χ3v) is 9.63. The first-order valence-electron chi connectivity index (χ1n) is 9.89. The van der Waals surface area contributed by atoms with E-state index in [1.807, 2.05) is 17.5 Å². The minimum absolute atomic E-state index is 0.109. The standard InChI is InChI=1S/C22H21BrClFN2O2S2/c23-13-15-1-4-18(5-2-15)31(28,29)19-7-9-27(10-8-19)22-26-17(14-30-22)11-16-3-6-21(25)20(24)12-16/h1-6,12,14,19H,7-11,13H2. The van der Waals surface area contributed by atoms with Crippen molar-refractivity contribution in [3.63, 3.8) is 0 Å². The lowest BCUT2D eigenvalue weighted by Crippen LogP contribution is -2.39. The van der Waals surface area contributed by atoms with Crippen molar-refractivity contribution in [2.45, 2.75) is 34.7 Å². The molecule has 1 aliphatic rings. The van der Waals surface area contributed by atoms with E-state index in [0.29, 0.717) is 42.6 Å². The van der Waals surface area contributed by atoms with E-state index in [2.05, 4.69) is 20.8 Å². The monoisotopic (exact) mass is 542 g/mol. The summed E-state index contributed by atoms with van der Waals surface area (Å²) in [7, 11) is -3.34. The number of halogens is 3. The third kappa shape index (κ3) is 5.13. The Bertz CT molecular complexity index is 1160. The number of thiazole rings is 1. The highest BCUT2D eigenvalue weighted by atomic mass is 79.9. The Balaban J connectivity index is 1.39. The highest BCUT2D eigenvalue weighted by Crippen LogP contribution is 2.30. The van der Waals surface area contributed by atoms with Gasteiger partial charge < -0.3 is 4.90 Å². The van der Waals surface area contributed by atoms with Gasteiger partial charge in [-0.25, -0.2) is 17.8 Å². The Morgan fingerprint density at radius 2 is 1.81 bits per heavy atom. The maximum Gasteiger partial charge on any atom is 0.185 e. The number of anilines is 1. The molecule has 1 aromatic heterocycles. The van der Waals surface area contributed by atoms with Crippen LogP contribution in [0.25, 0.3) is 0 Å². The van der Waals surface area contributed by atoms with Crippen molar-refractivity contribution in [2.24, 2.45) is 0 Å². The van der Waals surface area contributed by atoms with Crippen LogP contribution in [0.4, 0.5) is 9.52 Å². The fraction of sp³-hybridized carbons (Fsp3) is 0.318. The fourth-order valence-electron chi connectivity index (χ4n) is 3.70. The van der Waals surface area contributed by atoms with Crippen molar-refractivity contribution in [1.82, 2.24) is 4.98 Å². The molecule has 4 rings (SSSR count). The molecule has 9 heteroatoms. The van der Waals surface area contributed by atoms with Gasteiger partial charge in [-0.15, -0.1) is 11.3 Å². The van der Waals surface area contributed by atoms with E-state index in [9.17, 15) is 12.8 Å². The normalized spacial score (nSPS) is 15.4. The van der Waals surface area contributed by atoms with Gasteiger partial charge in [-0.1, -0.05) is 45.7 Å². The molecule has 2 heterocycles. The molecule has 31 heavy (non-hydrogen) atoms. The van der Waals surface area contributed by atoms with Crippen LogP contribution in [0.15, 0.2) is 52.7 Å². The number of alkyl halides is 1. The Labute approximate surface area is 199 Å². The van der Waals surface area contributed by atoms with E-state index < -0.39 is 15.7 Å². The van der Waals surface area contributed by atoms with Crippen molar-refractivity contribution in [3.05, 3.63) is 75.5 Å². The minimum atomic E-state index is -3.34. The van der Waals surface area contributed by atoms with E-state index in [1.165, 1.54) is 6.07 Å². The van der Waals surface area contributed by atoms with Gasteiger partial charge in [-0.05, 0) is 48.2 Å². The van der Waals surface area contributed by atoms with E-state index in [4.69, 9.17) is 16.6 Å². The number of hydrogen-bond donors (Lipinski definition) is 0. The summed E-state index contributed by atoms with van der Waals surface area (Å²) < 4.78 is 39.4. The van der Waals surface area contributed by atoms with Crippen LogP contribution in [0.1, 0.15) is 29.7 Å². The van der Waals surface area contributed by atoms with E-state index in [-0.39, 0.29) is 10.3 Å². The van der Waals surface area contributed by atoms with E-state index >= 15 is 0 Å². The van der Waals surface area contributed by atoms with Gasteiger partial charge in [-0.2, -0.15) is 0 Å². The molecule has 3 aromatic rings. The van der Waals surface area contributed by atoms with Gasteiger partial charge in [0.1, 0.15) is 5.82 Å². The topological polar surface area (TPSA) is 50.3 Å². The van der Waals surface area contributed by atoms with Gasteiger partial charge in [0.15, 0.2) is 15.0 Å². The van der Waals surface area contributed by atoms with Gasteiger partial charge >= 0.3 is 0 Å². The first-order valence-corrected chi connectivity index (χ1v) is 13.8. The van der Waals surface area contributed by atoms with Gasteiger partial charge in [0.2, 0.25) is 0 Å². The van der Waals surface area contributed by atoms with E-state index in [1.54, 1.807) is 35.6 Å². The highest BCUT2D eigenvalue weighted by molar-refractivity contribution is 9.08. The van der Waals surface area contributed by atoms with Crippen molar-refractivity contribution in [3.8, 4) is 0 Å². The molecule has 1 saturated heterocycles. The molecular formula is C22H21BrClFN2O2S2. The smallest absolute Gasteiger partial charge is 0.185 e. The van der Waals surface area contributed by atoms with Gasteiger partial charge in [0.05, 0.1) is 20.9 Å². The van der Waals surface area contributed by atoms with Crippen LogP contribution < -0.4 is 4.90 Å². The molecule has 0 bridgehead atoms. The minimum Gasteiger partial charge on any atom is -0.348 e. The molecule has 0 spiro atoms. The number of benzene rings is 2. The predicted molar refractivity (Wildman–Crippen MR) is 128 cm³/mol. The second-order valence-corrected chi connectivity index (χ2v) is 11.6. The van der Waals surface area contributed by atoms with Crippen LogP contribution in [-0.4, -0.2) is 31.7 Å². The average molecular weight is 544 g/mol. The molecule has 4 nitrogen and oxygen atoms in total. The summed E-state index contributed by atoms with van der Waals surface area (Å²) in [4.78, 5) is 7.24. The summed E-state index contributed by atoms with van der Waals surface area (Å²) in [6.07, 6.45) is 1.72. The lowest BCUT2D eigenvalue weighted by Gasteiger charge is -2.31. The molecule has 0 N–H and O–H groups in total. The molecule has 1 aliphatic heterocycles. The summed E-state index contributed by atoms with van der Waals surface area (Å²) >= 11 is 10.8. The first kappa shape index (κ1) is 22.7. The zero-order chi connectivity index (χ0) is 22.0. The molecule has 0 amide bonds. The highest BCUT2D eigenvalue weighted by Gasteiger charge is 2.32. The van der Waals surface area contributed by atoms with Crippen LogP contribution in [0.5, 0.6) is 0 Å². The average Bonchev–Trinajstić information content (AvgIpc) is 3.25. The SMILES string of the molecule is O=S(=O)(c1ccc(CBr)cc1)C1CCN(c2nc(Cc3ccc(F)c(Cl)c3)cs2)CC1. The summed E-state index contributed by atoms with van der Waals surface area (Å²) in [5.41, 5.74) is 2.85. The first-order chi connectivity index (χ1) is 14.9. The maximum atomic E-state index is 13.3. The van der Waals surface area contributed by atoms with Crippen LogP contribution in [0, 0.1) is 5.82 Å². The quantitative estimate of drug-likeness (QED) is 0.365. The molecular weight excluding hydrogens is 523 g/mol. The Kier molecular flexibility index (Phi) is 7.01. The molecule has 0 radical (unpaired) electrons. The molecule has 0 atom stereocenters. The largest absolute Gasteiger partial charge is 0.348 e. The number of sulfone groups is 1. The van der Waals surface area contributed by atoms with Crippen LogP contribution >= 0.6 is 38.9 Å². The van der Waals surface area contributed by atoms with Crippen molar-refractivity contribution in [2.75, 3.05) is 18.0 Å². The number of aromatic nitrogens is 1. The molecule has 0 unspecified atom stereocenters. The Morgan fingerprint density at radius 1 is 1.13 bits per heavy atom. The zero-order valence-electron chi connectivity index (χ0n) is 16.6. The van der Waals surface area contributed by atoms with Gasteiger partial charge in [-0.3, -0.25) is 0 Å². The van der Waals surface area contributed by atoms with Crippen molar-refractivity contribution >= 4 is 53.8 Å². The summed E-state index contributed by atoms with van der Waals surface area (Å²) in [6.45, 7) is 1.30. The lowest BCUT2D eigenvalue weighted by atomic mass is 10.1. The predicted octanol–water partition coefficient (Wildman–Crippen LogP) is 5.86. The van der Waals surface area contributed by atoms with E-state index in [0.717, 1.165) is 22.0 Å². The zero-order valence-corrected chi connectivity index (χ0v) is 20.6. The number of nitrogens with zero attached hydrogens (tertiary/aromatic N) is 2. The van der Waals surface area contributed by atoms with Crippen molar-refractivity contribution < 1.29 is 12.8 Å². The van der Waals surface area contributed by atoms with Crippen LogP contribution in [0.3, 0.4) is 0 Å². The molecule has 164 valence electrons. The number of rotatable bonds is 6. The second-order valence-electron chi connectivity index (χ2n) is 7.56. The Hall–Kier alpha value is -1.48. The van der Waals surface area contributed by atoms with Crippen LogP contribution in [-0.2, 0) is 21.6 Å². The fourth-order valence-corrected chi connectivity index (χ4v) is 6.89. The third-order valence-electron chi connectivity index (χ3n) is 5.47. The number of piperidine rings is 1. The molecule has 0 saturated carbocycles. The summed E-state index contributed by atoms with van der Waals surface area (Å²) in [5.74, 6) is -0.429. The lowest BCUT2D eigenvalue weighted by molar-refractivity contribution is 0.529. The van der Waals surface area contributed by atoms with Gasteiger partial charge in [0.25, 0.3) is 0 Å². The second kappa shape index (κ2) is 9.57. The Morgan fingerprint density at radius 3 is 2.45 bits per heavy atom. The molecule has 1 fully saturated rings. The summed E-state index contributed by atoms with van der Waals surface area (Å²) in [5, 5.41) is 3.31. The maximum absolute atomic E-state index is 13.3. The molecule has 0 aliphatic carbocycles. The van der Waals surface area contributed by atoms with Gasteiger partial charge in [0, 0.05) is 30.2 Å². The van der Waals surface area contributed by atoms with Crippen LogP contribution in [0.2, 0.25) is 5.02 Å².